The van der Waals surface area contributed by atoms with Crippen molar-refractivity contribution in [1.29, 1.82) is 0 Å². The largest absolute Gasteiger partial charge is 0.493 e. The lowest BCUT2D eigenvalue weighted by atomic mass is 10.2. The molecule has 0 radical (unpaired) electrons. The van der Waals surface area contributed by atoms with E-state index in [2.05, 4.69) is 20.6 Å². The van der Waals surface area contributed by atoms with Crippen LogP contribution in [0.4, 0.5) is 0 Å². The second kappa shape index (κ2) is 17.9. The van der Waals surface area contributed by atoms with Gasteiger partial charge < -0.3 is 48.5 Å². The van der Waals surface area contributed by atoms with Crippen molar-refractivity contribution < 1.29 is 37.9 Å². The average molecular weight is 745 g/mol. The highest BCUT2D eigenvalue weighted by Crippen LogP contribution is 2.43. The molecule has 0 spiro atoms. The first-order chi connectivity index (χ1) is 27.2. The predicted molar refractivity (Wildman–Crippen MR) is 208 cm³/mol. The van der Waals surface area contributed by atoms with Crippen LogP contribution in [-0.4, -0.2) is 81.6 Å². The first-order valence-electron chi connectivity index (χ1n) is 18.7. The smallest absolute Gasteiger partial charge is 0.231 e. The van der Waals surface area contributed by atoms with Crippen LogP contribution in [-0.2, 0) is 0 Å². The van der Waals surface area contributed by atoms with Gasteiger partial charge in [0.25, 0.3) is 0 Å². The second-order valence-corrected chi connectivity index (χ2v) is 13.2. The van der Waals surface area contributed by atoms with E-state index in [4.69, 9.17) is 37.9 Å². The molecule has 0 fully saturated rings. The summed E-state index contributed by atoms with van der Waals surface area (Å²) in [5, 5.41) is 9.04. The summed E-state index contributed by atoms with van der Waals surface area (Å²) in [6, 6.07) is 31.4. The van der Waals surface area contributed by atoms with Crippen LogP contribution in [0.5, 0.6) is 46.0 Å². The van der Waals surface area contributed by atoms with Crippen LogP contribution in [0.2, 0.25) is 0 Å². The fraction of sp³-hybridized carbons (Fsp3) is 0.302. The van der Waals surface area contributed by atoms with E-state index in [1.807, 2.05) is 97.1 Å². The Morgan fingerprint density at radius 3 is 1.67 bits per heavy atom. The fourth-order valence-corrected chi connectivity index (χ4v) is 6.34. The van der Waals surface area contributed by atoms with Crippen molar-refractivity contribution in [2.24, 2.45) is 0 Å². The van der Waals surface area contributed by atoms with Crippen LogP contribution in [0.1, 0.15) is 12.8 Å². The maximum Gasteiger partial charge on any atom is 0.231 e. The molecule has 284 valence electrons. The maximum atomic E-state index is 6.01. The van der Waals surface area contributed by atoms with Gasteiger partial charge in [0, 0.05) is 60.5 Å². The molecule has 0 saturated carbocycles. The molecular weight excluding hydrogens is 700 g/mol. The molecular formula is C43H44N4O8. The quantitative estimate of drug-likeness (QED) is 0.117. The summed E-state index contributed by atoms with van der Waals surface area (Å²) in [5.74, 6) is 6.13. The van der Waals surface area contributed by atoms with Crippen LogP contribution >= 0.6 is 0 Å². The van der Waals surface area contributed by atoms with E-state index in [0.717, 1.165) is 77.3 Å². The molecule has 6 aromatic rings. The molecule has 55 heavy (non-hydrogen) atoms. The van der Waals surface area contributed by atoms with E-state index in [0.29, 0.717) is 56.0 Å². The Morgan fingerprint density at radius 2 is 1.05 bits per heavy atom. The molecule has 2 aromatic heterocycles. The lowest BCUT2D eigenvalue weighted by Crippen LogP contribution is -2.39. The zero-order valence-electron chi connectivity index (χ0n) is 30.5. The zero-order valence-corrected chi connectivity index (χ0v) is 30.5. The Kier molecular flexibility index (Phi) is 11.7. The van der Waals surface area contributed by atoms with Crippen LogP contribution < -0.4 is 48.5 Å². The molecule has 0 aliphatic carbocycles. The molecule has 2 N–H and O–H groups in total. The van der Waals surface area contributed by atoms with Gasteiger partial charge in [-0.25, -0.2) is 0 Å². The minimum absolute atomic E-state index is 0.0392. The van der Waals surface area contributed by atoms with Gasteiger partial charge >= 0.3 is 0 Å². The molecule has 0 bridgehead atoms. The normalized spacial score (nSPS) is 16.3. The van der Waals surface area contributed by atoms with E-state index in [1.165, 1.54) is 0 Å². The summed E-state index contributed by atoms with van der Waals surface area (Å²) >= 11 is 0. The third-order valence-corrected chi connectivity index (χ3v) is 9.16. The van der Waals surface area contributed by atoms with Gasteiger partial charge in [0.05, 0.1) is 24.2 Å². The van der Waals surface area contributed by atoms with Crippen molar-refractivity contribution in [3.63, 3.8) is 0 Å². The molecule has 3 aliphatic heterocycles. The van der Waals surface area contributed by atoms with Crippen molar-refractivity contribution in [3.05, 3.63) is 109 Å². The van der Waals surface area contributed by atoms with Crippen molar-refractivity contribution in [1.82, 2.24) is 20.6 Å². The summed E-state index contributed by atoms with van der Waals surface area (Å²) in [7, 11) is 0. The fourth-order valence-electron chi connectivity index (χ4n) is 6.34. The van der Waals surface area contributed by atoms with E-state index in [1.54, 1.807) is 12.4 Å². The minimum atomic E-state index is -0.0460. The van der Waals surface area contributed by atoms with Gasteiger partial charge in [0.2, 0.25) is 6.79 Å². The number of fused-ring (bicyclic) bond motifs is 5. The van der Waals surface area contributed by atoms with Crippen molar-refractivity contribution in [2.75, 3.05) is 59.4 Å². The SMILES string of the molecule is c1ccc2c(c1)OCC(CNCCCOc1ccc3cccnc3c1)O2.c1cnc2cc(OCCCNCC3COc4cc5c(cc4O3)OCO5)ccc2c1. The van der Waals surface area contributed by atoms with Gasteiger partial charge in [0.1, 0.15) is 36.9 Å². The van der Waals surface area contributed by atoms with Gasteiger partial charge in [-0.15, -0.1) is 0 Å². The third kappa shape index (κ3) is 9.58. The van der Waals surface area contributed by atoms with Gasteiger partial charge in [-0.2, -0.15) is 0 Å². The average Bonchev–Trinajstić information content (AvgIpc) is 3.70. The summed E-state index contributed by atoms with van der Waals surface area (Å²) in [4.78, 5) is 8.70. The van der Waals surface area contributed by atoms with Crippen molar-refractivity contribution >= 4 is 21.8 Å². The number of rotatable bonds is 14. The minimum Gasteiger partial charge on any atom is -0.493 e. The zero-order chi connectivity index (χ0) is 37.1. The lowest BCUT2D eigenvalue weighted by molar-refractivity contribution is 0.0899. The second-order valence-electron chi connectivity index (χ2n) is 13.2. The molecule has 0 saturated heterocycles. The first-order valence-corrected chi connectivity index (χ1v) is 18.7. The lowest BCUT2D eigenvalue weighted by Gasteiger charge is -2.27. The van der Waals surface area contributed by atoms with Crippen LogP contribution in [0.15, 0.2) is 109 Å². The van der Waals surface area contributed by atoms with Crippen LogP contribution in [0, 0.1) is 0 Å². The van der Waals surface area contributed by atoms with Crippen molar-refractivity contribution in [3.8, 4) is 46.0 Å². The van der Waals surface area contributed by atoms with E-state index in [9.17, 15) is 0 Å². The predicted octanol–water partition coefficient (Wildman–Crippen LogP) is 6.60. The van der Waals surface area contributed by atoms with Gasteiger partial charge in [0.15, 0.2) is 34.5 Å². The number of ether oxygens (including phenoxy) is 8. The topological polar surface area (TPSA) is 124 Å². The summed E-state index contributed by atoms with van der Waals surface area (Å²) in [6.07, 6.45) is 5.39. The van der Waals surface area contributed by atoms with Gasteiger partial charge in [-0.3, -0.25) is 9.97 Å². The molecule has 0 amide bonds. The summed E-state index contributed by atoms with van der Waals surface area (Å²) < 4.78 is 45.9. The third-order valence-electron chi connectivity index (χ3n) is 9.16. The molecule has 12 heteroatoms. The number of hydrogen-bond donors (Lipinski definition) is 2. The Labute approximate surface area is 319 Å². The number of benzene rings is 4. The highest BCUT2D eigenvalue weighted by atomic mass is 16.7. The summed E-state index contributed by atoms with van der Waals surface area (Å²) in [5.41, 5.74) is 1.90. The molecule has 9 rings (SSSR count). The number of hydrogen-bond acceptors (Lipinski definition) is 12. The number of para-hydroxylation sites is 2. The first kappa shape index (κ1) is 36.0. The molecule has 12 nitrogen and oxygen atoms in total. The molecule has 2 unspecified atom stereocenters. The highest BCUT2D eigenvalue weighted by molar-refractivity contribution is 5.80. The number of pyridine rings is 2. The van der Waals surface area contributed by atoms with E-state index in [-0.39, 0.29) is 19.0 Å². The molecule has 2 atom stereocenters. The van der Waals surface area contributed by atoms with E-state index < -0.39 is 0 Å². The van der Waals surface area contributed by atoms with Crippen molar-refractivity contribution in [2.45, 2.75) is 25.0 Å². The Balaban J connectivity index is 0.000000156. The molecule has 3 aliphatic rings. The summed E-state index contributed by atoms with van der Waals surface area (Å²) in [6.45, 7) is 5.77. The number of nitrogens with zero attached hydrogens (tertiary/aromatic N) is 2. The van der Waals surface area contributed by atoms with E-state index >= 15 is 0 Å². The standard InChI is InChI=1S/C22H22N2O5.C21H22N2O3/c1-3-15-4-5-16(9-18(15)24-7-1)25-8-2-6-23-12-17-13-26-21-10-19-20(28-14-27-19)11-22(21)29-17;1-2-7-21-20(6-1)25-15-18(26-21)14-22-10-4-12-24-17-9-8-16-5-3-11-23-19(16)13-17/h1,3-5,7,9-11,17,23H,2,6,8,12-14H2;1-3,5-9,11,13,18,22H,4,10,12,14-15H2. The Hall–Kier alpha value is -5.98. The molecule has 5 heterocycles. The number of nitrogens with one attached hydrogen (secondary N) is 2. The highest BCUT2D eigenvalue weighted by Gasteiger charge is 2.26. The Bertz CT molecular complexity index is 2190. The monoisotopic (exact) mass is 744 g/mol. The number of aromatic nitrogens is 2. The molecule has 4 aromatic carbocycles. The van der Waals surface area contributed by atoms with Crippen LogP contribution in [0.3, 0.4) is 0 Å². The van der Waals surface area contributed by atoms with Crippen LogP contribution in [0.25, 0.3) is 21.8 Å². The van der Waals surface area contributed by atoms with Gasteiger partial charge in [-0.1, -0.05) is 24.3 Å². The Morgan fingerprint density at radius 1 is 0.527 bits per heavy atom. The maximum absolute atomic E-state index is 6.01. The van der Waals surface area contributed by atoms with Gasteiger partial charge in [-0.05, 0) is 74.5 Å².